The summed E-state index contributed by atoms with van der Waals surface area (Å²) in [6.07, 6.45) is 4.97. The molecule has 0 saturated carbocycles. The van der Waals surface area contributed by atoms with Crippen LogP contribution < -0.4 is 16.8 Å². The number of nitrogens with zero attached hydrogens (tertiary/aromatic N) is 5. The maximum Gasteiger partial charge on any atom is 0.236 e. The lowest BCUT2D eigenvalue weighted by Gasteiger charge is -2.18. The minimum absolute atomic E-state index is 0.0241. The molecule has 2 aromatic heterocycles. The van der Waals surface area contributed by atoms with Gasteiger partial charge in [-0.3, -0.25) is 4.79 Å². The van der Waals surface area contributed by atoms with Crippen molar-refractivity contribution in [3.8, 4) is 0 Å². The van der Waals surface area contributed by atoms with E-state index in [4.69, 9.17) is 11.5 Å². The lowest BCUT2D eigenvalue weighted by Crippen LogP contribution is -2.37. The smallest absolute Gasteiger partial charge is 0.236 e. The first-order chi connectivity index (χ1) is 12.1. The number of amides is 1. The van der Waals surface area contributed by atoms with Gasteiger partial charge in [0.25, 0.3) is 0 Å². The quantitative estimate of drug-likeness (QED) is 0.683. The fourth-order valence-electron chi connectivity index (χ4n) is 3.10. The third-order valence-electron chi connectivity index (χ3n) is 4.46. The Hall–Kier alpha value is -2.68. The van der Waals surface area contributed by atoms with Crippen LogP contribution in [0.2, 0.25) is 0 Å². The Morgan fingerprint density at radius 1 is 1.32 bits per heavy atom. The van der Waals surface area contributed by atoms with Crippen molar-refractivity contribution in [1.82, 2.24) is 24.4 Å². The third kappa shape index (κ3) is 3.71. The van der Waals surface area contributed by atoms with Crippen molar-refractivity contribution in [3.05, 3.63) is 29.5 Å². The van der Waals surface area contributed by atoms with E-state index in [2.05, 4.69) is 31.8 Å². The highest BCUT2D eigenvalue weighted by Gasteiger charge is 2.22. The maximum absolute atomic E-state index is 11.9. The van der Waals surface area contributed by atoms with E-state index in [9.17, 15) is 4.79 Å². The first-order valence-corrected chi connectivity index (χ1v) is 8.48. The first-order valence-electron chi connectivity index (χ1n) is 8.48. The summed E-state index contributed by atoms with van der Waals surface area (Å²) in [5, 5.41) is 3.36. The van der Waals surface area contributed by atoms with E-state index in [1.807, 2.05) is 12.5 Å². The lowest BCUT2D eigenvalue weighted by molar-refractivity contribution is -0.129. The van der Waals surface area contributed by atoms with Crippen molar-refractivity contribution in [2.45, 2.75) is 32.9 Å². The molecule has 0 aliphatic carbocycles. The second-order valence-corrected chi connectivity index (χ2v) is 5.97. The summed E-state index contributed by atoms with van der Waals surface area (Å²) >= 11 is 0. The van der Waals surface area contributed by atoms with Gasteiger partial charge < -0.3 is 26.3 Å². The number of hydrogen-bond acceptors (Lipinski definition) is 7. The van der Waals surface area contributed by atoms with E-state index >= 15 is 0 Å². The number of carbonyl (C=O) groups is 1. The topological polar surface area (TPSA) is 128 Å². The van der Waals surface area contributed by atoms with Gasteiger partial charge in [-0.1, -0.05) is 0 Å². The fourth-order valence-corrected chi connectivity index (χ4v) is 3.10. The molecule has 1 aliphatic heterocycles. The number of fused-ring (bicyclic) bond motifs is 1. The molecule has 3 rings (SSSR count). The van der Waals surface area contributed by atoms with Crippen LogP contribution in [0.3, 0.4) is 0 Å². The molecule has 9 heteroatoms. The SMILES string of the molecule is CCn1cncc1CNc1nc(N)nc2c1CCN(C(=O)CN)CC2. The van der Waals surface area contributed by atoms with E-state index in [1.54, 1.807) is 4.90 Å². The number of nitrogens with two attached hydrogens (primary N) is 2. The second kappa shape index (κ2) is 7.47. The van der Waals surface area contributed by atoms with E-state index in [1.165, 1.54) is 0 Å². The van der Waals surface area contributed by atoms with E-state index in [-0.39, 0.29) is 18.4 Å². The normalized spacial score (nSPS) is 14.1. The second-order valence-electron chi connectivity index (χ2n) is 5.97. The van der Waals surface area contributed by atoms with Gasteiger partial charge in [-0.2, -0.15) is 4.98 Å². The minimum Gasteiger partial charge on any atom is -0.368 e. The summed E-state index contributed by atoms with van der Waals surface area (Å²) in [5.41, 5.74) is 14.3. The van der Waals surface area contributed by atoms with Crippen LogP contribution in [0.5, 0.6) is 0 Å². The Morgan fingerprint density at radius 3 is 2.88 bits per heavy atom. The monoisotopic (exact) mass is 344 g/mol. The van der Waals surface area contributed by atoms with Crippen LogP contribution in [-0.2, 0) is 30.7 Å². The zero-order valence-electron chi connectivity index (χ0n) is 14.4. The average molecular weight is 344 g/mol. The molecule has 0 saturated heterocycles. The molecule has 3 heterocycles. The van der Waals surface area contributed by atoms with Crippen molar-refractivity contribution in [1.29, 1.82) is 0 Å². The van der Waals surface area contributed by atoms with Crippen LogP contribution in [0.15, 0.2) is 12.5 Å². The van der Waals surface area contributed by atoms with Crippen molar-refractivity contribution in [2.75, 3.05) is 30.7 Å². The summed E-state index contributed by atoms with van der Waals surface area (Å²) < 4.78 is 2.07. The zero-order chi connectivity index (χ0) is 17.8. The van der Waals surface area contributed by atoms with Gasteiger partial charge in [0.15, 0.2) is 0 Å². The Kier molecular flexibility index (Phi) is 5.13. The number of anilines is 2. The van der Waals surface area contributed by atoms with Gasteiger partial charge in [-0.15, -0.1) is 0 Å². The highest BCUT2D eigenvalue weighted by molar-refractivity contribution is 5.78. The molecule has 0 unspecified atom stereocenters. The summed E-state index contributed by atoms with van der Waals surface area (Å²) in [4.78, 5) is 26.6. The molecule has 0 atom stereocenters. The fraction of sp³-hybridized carbons (Fsp3) is 0.500. The largest absolute Gasteiger partial charge is 0.368 e. The number of aryl methyl sites for hydroxylation is 1. The van der Waals surface area contributed by atoms with Crippen LogP contribution in [0, 0.1) is 0 Å². The van der Waals surface area contributed by atoms with Crippen molar-refractivity contribution < 1.29 is 4.79 Å². The number of aromatic nitrogens is 4. The lowest BCUT2D eigenvalue weighted by atomic mass is 10.1. The summed E-state index contributed by atoms with van der Waals surface area (Å²) in [5.74, 6) is 0.923. The molecule has 5 N–H and O–H groups in total. The van der Waals surface area contributed by atoms with Gasteiger partial charge in [0.2, 0.25) is 11.9 Å². The molecule has 0 spiro atoms. The van der Waals surface area contributed by atoms with Crippen LogP contribution in [0.1, 0.15) is 23.9 Å². The predicted octanol–water partition coefficient (Wildman–Crippen LogP) is -0.227. The average Bonchev–Trinajstić information content (AvgIpc) is 2.97. The molecule has 134 valence electrons. The first kappa shape index (κ1) is 17.2. The van der Waals surface area contributed by atoms with Gasteiger partial charge in [0.1, 0.15) is 5.82 Å². The molecule has 0 bridgehead atoms. The summed E-state index contributed by atoms with van der Waals surface area (Å²) in [7, 11) is 0. The van der Waals surface area contributed by atoms with Crippen molar-refractivity contribution >= 4 is 17.7 Å². The Labute approximate surface area is 146 Å². The highest BCUT2D eigenvalue weighted by Crippen LogP contribution is 2.23. The molecule has 1 amide bonds. The molecule has 25 heavy (non-hydrogen) atoms. The van der Waals surface area contributed by atoms with Gasteiger partial charge in [-0.05, 0) is 13.3 Å². The Bertz CT molecular complexity index is 757. The Balaban J connectivity index is 1.80. The number of rotatable bonds is 5. The van der Waals surface area contributed by atoms with Gasteiger partial charge in [0.05, 0.1) is 30.8 Å². The molecule has 9 nitrogen and oxygen atoms in total. The molecular formula is C16H24N8O. The zero-order valence-corrected chi connectivity index (χ0v) is 14.4. The standard InChI is InChI=1S/C16H24N8O/c1-2-23-10-19-8-11(23)9-20-15-12-3-5-24(14(25)7-17)6-4-13(12)21-16(18)22-15/h8,10H,2-7,9,17H2,1H3,(H3,18,20,21,22). The minimum atomic E-state index is -0.0462. The molecule has 2 aromatic rings. The number of hydrogen-bond donors (Lipinski definition) is 3. The molecule has 0 aromatic carbocycles. The summed E-state index contributed by atoms with van der Waals surface area (Å²) in [6, 6.07) is 0. The Morgan fingerprint density at radius 2 is 2.12 bits per heavy atom. The summed E-state index contributed by atoms with van der Waals surface area (Å²) in [6.45, 7) is 4.76. The van der Waals surface area contributed by atoms with Crippen molar-refractivity contribution in [3.63, 3.8) is 0 Å². The molecule has 0 fully saturated rings. The van der Waals surface area contributed by atoms with Crippen LogP contribution in [-0.4, -0.2) is 50.0 Å². The van der Waals surface area contributed by atoms with Gasteiger partial charge in [-0.25, -0.2) is 9.97 Å². The van der Waals surface area contributed by atoms with Gasteiger partial charge >= 0.3 is 0 Å². The molecule has 1 aliphatic rings. The van der Waals surface area contributed by atoms with Crippen LogP contribution in [0.25, 0.3) is 0 Å². The number of nitrogens with one attached hydrogen (secondary N) is 1. The predicted molar refractivity (Wildman–Crippen MR) is 94.7 cm³/mol. The number of carbonyl (C=O) groups excluding carboxylic acids is 1. The van der Waals surface area contributed by atoms with Crippen LogP contribution in [0.4, 0.5) is 11.8 Å². The molecule has 0 radical (unpaired) electrons. The number of nitrogen functional groups attached to an aromatic ring is 1. The van der Waals surface area contributed by atoms with E-state index < -0.39 is 0 Å². The highest BCUT2D eigenvalue weighted by atomic mass is 16.2. The van der Waals surface area contributed by atoms with Crippen LogP contribution >= 0.6 is 0 Å². The third-order valence-corrected chi connectivity index (χ3v) is 4.46. The van der Waals surface area contributed by atoms with Crippen molar-refractivity contribution in [2.24, 2.45) is 5.73 Å². The molecular weight excluding hydrogens is 320 g/mol. The number of imidazole rings is 1. The van der Waals surface area contributed by atoms with Gasteiger partial charge in [0, 0.05) is 37.8 Å². The van der Waals surface area contributed by atoms with E-state index in [0.29, 0.717) is 32.5 Å². The maximum atomic E-state index is 11.9. The van der Waals surface area contributed by atoms with E-state index in [0.717, 1.165) is 29.3 Å².